The summed E-state index contributed by atoms with van der Waals surface area (Å²) in [5.41, 5.74) is 3.20. The van der Waals surface area contributed by atoms with E-state index in [1.807, 2.05) is 42.5 Å². The zero-order valence-corrected chi connectivity index (χ0v) is 18.9. The molecule has 2 aromatic carbocycles. The van der Waals surface area contributed by atoms with Gasteiger partial charge in [-0.05, 0) is 41.8 Å². The van der Waals surface area contributed by atoms with Crippen LogP contribution in [0.2, 0.25) is 5.02 Å². The lowest BCUT2D eigenvalue weighted by Crippen LogP contribution is -2.17. The summed E-state index contributed by atoms with van der Waals surface area (Å²) in [5.74, 6) is 1.24. The number of nitrogens with zero attached hydrogens (tertiary/aromatic N) is 5. The molecule has 0 saturated heterocycles. The number of aromatic amines is 1. The van der Waals surface area contributed by atoms with Crippen LogP contribution in [0.15, 0.2) is 85.7 Å². The quantitative estimate of drug-likeness (QED) is 0.292. The van der Waals surface area contributed by atoms with Gasteiger partial charge in [0, 0.05) is 53.0 Å². The molecule has 0 aliphatic rings. The second-order valence-corrected chi connectivity index (χ2v) is 8.26. The van der Waals surface area contributed by atoms with Gasteiger partial charge in [-0.3, -0.25) is 14.6 Å². The number of pyridine rings is 1. The lowest BCUT2D eigenvalue weighted by Gasteiger charge is -2.07. The number of rotatable bonds is 4. The highest BCUT2D eigenvalue weighted by Gasteiger charge is 2.11. The number of nitrogens with one attached hydrogen (secondary N) is 3. The molecule has 4 heterocycles. The molecule has 0 saturated carbocycles. The summed E-state index contributed by atoms with van der Waals surface area (Å²) in [7, 11) is 0. The molecular weight excluding hydrogens is 464 g/mol. The number of anilines is 3. The molecule has 1 amide bonds. The van der Waals surface area contributed by atoms with Crippen LogP contribution in [0.25, 0.3) is 33.1 Å². The van der Waals surface area contributed by atoms with Crippen molar-refractivity contribution in [2.75, 3.05) is 10.6 Å². The van der Waals surface area contributed by atoms with Crippen molar-refractivity contribution in [1.29, 1.82) is 0 Å². The Morgan fingerprint density at radius 2 is 1.86 bits per heavy atom. The highest BCUT2D eigenvalue weighted by molar-refractivity contribution is 6.33. The molecule has 4 aromatic heterocycles. The minimum atomic E-state index is -0.326. The zero-order valence-electron chi connectivity index (χ0n) is 18.1. The Morgan fingerprint density at radius 1 is 0.943 bits per heavy atom. The molecule has 0 spiro atoms. The van der Waals surface area contributed by atoms with Gasteiger partial charge < -0.3 is 10.6 Å². The predicted octanol–water partition coefficient (Wildman–Crippen LogP) is 5.85. The summed E-state index contributed by atoms with van der Waals surface area (Å²) in [6.07, 6.45) is 10.1. The van der Waals surface area contributed by atoms with E-state index in [4.69, 9.17) is 11.6 Å². The maximum atomic E-state index is 12.7. The van der Waals surface area contributed by atoms with Crippen LogP contribution >= 0.6 is 11.6 Å². The molecular formula is C25H17ClN8O. The average Bonchev–Trinajstić information content (AvgIpc) is 3.52. The number of aromatic nitrogens is 6. The van der Waals surface area contributed by atoms with Gasteiger partial charge in [-0.1, -0.05) is 23.7 Å². The topological polar surface area (TPSA) is 113 Å². The molecule has 0 aliphatic carbocycles. The smallest absolute Gasteiger partial charge is 0.330 e. The Bertz CT molecular complexity index is 1710. The largest absolute Gasteiger partial charge is 0.340 e. The number of amides is 1. The van der Waals surface area contributed by atoms with Gasteiger partial charge in [0.15, 0.2) is 5.82 Å². The molecule has 0 unspecified atom stereocenters. The second kappa shape index (κ2) is 8.54. The summed E-state index contributed by atoms with van der Waals surface area (Å²) >= 11 is 6.10. The first-order valence-corrected chi connectivity index (χ1v) is 11.1. The minimum Gasteiger partial charge on any atom is -0.340 e. The van der Waals surface area contributed by atoms with Crippen LogP contribution in [0, 0.1) is 0 Å². The molecule has 3 N–H and O–H groups in total. The van der Waals surface area contributed by atoms with Gasteiger partial charge in [0.25, 0.3) is 0 Å². The first-order valence-electron chi connectivity index (χ1n) is 10.7. The summed E-state index contributed by atoms with van der Waals surface area (Å²) in [5, 5.41) is 16.3. The van der Waals surface area contributed by atoms with Crippen molar-refractivity contribution in [2.24, 2.45) is 0 Å². The highest BCUT2D eigenvalue weighted by atomic mass is 35.5. The first kappa shape index (κ1) is 20.8. The Kier molecular flexibility index (Phi) is 5.08. The minimum absolute atomic E-state index is 0.326. The average molecular weight is 481 g/mol. The van der Waals surface area contributed by atoms with Crippen molar-refractivity contribution in [3.63, 3.8) is 0 Å². The lowest BCUT2D eigenvalue weighted by atomic mass is 10.1. The molecule has 0 fully saturated rings. The summed E-state index contributed by atoms with van der Waals surface area (Å²) < 4.78 is 1.48. The van der Waals surface area contributed by atoms with Gasteiger partial charge in [0.1, 0.15) is 5.82 Å². The van der Waals surface area contributed by atoms with Crippen LogP contribution in [0.5, 0.6) is 0 Å². The molecule has 35 heavy (non-hydrogen) atoms. The Labute approximate surface area is 203 Å². The van der Waals surface area contributed by atoms with E-state index >= 15 is 0 Å². The first-order chi connectivity index (χ1) is 17.1. The third-order valence-electron chi connectivity index (χ3n) is 5.52. The lowest BCUT2D eigenvalue weighted by molar-refractivity contribution is 0.253. The van der Waals surface area contributed by atoms with E-state index < -0.39 is 0 Å². The van der Waals surface area contributed by atoms with E-state index in [1.165, 1.54) is 10.8 Å². The SMILES string of the molecule is O=C(Nc1ccncc1Cl)n1cc2ccc(-c3nccc(Nc4ccc5[nH]ncc5c4)n3)cc2c1. The molecule has 0 atom stereocenters. The number of carbonyl (C=O) groups is 1. The van der Waals surface area contributed by atoms with Crippen LogP contribution in [0.4, 0.5) is 22.0 Å². The van der Waals surface area contributed by atoms with E-state index in [1.54, 1.807) is 37.1 Å². The van der Waals surface area contributed by atoms with E-state index in [0.717, 1.165) is 32.9 Å². The van der Waals surface area contributed by atoms with Crippen molar-refractivity contribution in [2.45, 2.75) is 0 Å². The number of H-pyrrole nitrogens is 1. The molecule has 9 nitrogen and oxygen atoms in total. The van der Waals surface area contributed by atoms with Crippen LogP contribution < -0.4 is 10.6 Å². The van der Waals surface area contributed by atoms with E-state index in [2.05, 4.69) is 35.8 Å². The summed E-state index contributed by atoms with van der Waals surface area (Å²) in [6.45, 7) is 0. The van der Waals surface area contributed by atoms with Gasteiger partial charge in [-0.25, -0.2) is 14.8 Å². The highest BCUT2D eigenvalue weighted by Crippen LogP contribution is 2.26. The van der Waals surface area contributed by atoms with E-state index in [0.29, 0.717) is 22.4 Å². The van der Waals surface area contributed by atoms with Gasteiger partial charge in [-0.2, -0.15) is 5.10 Å². The fourth-order valence-electron chi connectivity index (χ4n) is 3.79. The van der Waals surface area contributed by atoms with Gasteiger partial charge in [0.2, 0.25) is 0 Å². The molecule has 0 aliphatic heterocycles. The molecule has 0 bridgehead atoms. The fourth-order valence-corrected chi connectivity index (χ4v) is 3.96. The van der Waals surface area contributed by atoms with Crippen molar-refractivity contribution < 1.29 is 4.79 Å². The molecule has 170 valence electrons. The van der Waals surface area contributed by atoms with Gasteiger partial charge >= 0.3 is 6.03 Å². The number of hydrogen-bond acceptors (Lipinski definition) is 6. The standard InChI is InChI=1S/C25H17ClN8O/c26-20-12-27-7-5-22(20)31-25(35)34-13-16-2-1-15(9-18(16)14-34)24-28-8-6-23(32-24)30-19-3-4-21-17(10-19)11-29-33-21/h1-14H,(H,29,33)(H,27,31,35)(H,28,30,32). The number of hydrogen-bond donors (Lipinski definition) is 3. The van der Waals surface area contributed by atoms with E-state index in [9.17, 15) is 4.79 Å². The summed E-state index contributed by atoms with van der Waals surface area (Å²) in [4.78, 5) is 25.7. The van der Waals surface area contributed by atoms with Gasteiger partial charge in [-0.15, -0.1) is 0 Å². The van der Waals surface area contributed by atoms with Crippen LogP contribution in [-0.2, 0) is 0 Å². The maximum absolute atomic E-state index is 12.7. The van der Waals surface area contributed by atoms with Crippen molar-refractivity contribution in [1.82, 2.24) is 29.7 Å². The zero-order chi connectivity index (χ0) is 23.8. The molecule has 10 heteroatoms. The number of halogens is 1. The third-order valence-corrected chi connectivity index (χ3v) is 5.82. The van der Waals surface area contributed by atoms with Gasteiger partial charge in [0.05, 0.1) is 22.4 Å². The van der Waals surface area contributed by atoms with Crippen LogP contribution in [-0.4, -0.2) is 35.7 Å². The van der Waals surface area contributed by atoms with Crippen LogP contribution in [0.1, 0.15) is 0 Å². The normalized spacial score (nSPS) is 11.1. The summed E-state index contributed by atoms with van der Waals surface area (Å²) in [6, 6.07) is 14.9. The van der Waals surface area contributed by atoms with Crippen LogP contribution in [0.3, 0.4) is 0 Å². The third kappa shape index (κ3) is 4.16. The Balaban J connectivity index is 1.25. The monoisotopic (exact) mass is 480 g/mol. The fraction of sp³-hybridized carbons (Fsp3) is 0. The maximum Gasteiger partial charge on any atom is 0.330 e. The Morgan fingerprint density at radius 3 is 2.77 bits per heavy atom. The van der Waals surface area contributed by atoms with E-state index in [-0.39, 0.29) is 6.03 Å². The number of fused-ring (bicyclic) bond motifs is 2. The number of carbonyl (C=O) groups excluding carboxylic acids is 1. The molecule has 6 aromatic rings. The molecule has 6 rings (SSSR count). The second-order valence-electron chi connectivity index (χ2n) is 7.86. The number of benzene rings is 2. The molecule has 0 radical (unpaired) electrons. The van der Waals surface area contributed by atoms with Crippen molar-refractivity contribution in [3.05, 3.63) is 90.7 Å². The van der Waals surface area contributed by atoms with Crippen molar-refractivity contribution >= 4 is 56.5 Å². The Hall–Kier alpha value is -4.76. The van der Waals surface area contributed by atoms with Crippen molar-refractivity contribution in [3.8, 4) is 11.4 Å². The predicted molar refractivity (Wildman–Crippen MR) is 136 cm³/mol.